The van der Waals surface area contributed by atoms with Gasteiger partial charge in [0.25, 0.3) is 5.91 Å². The Morgan fingerprint density at radius 3 is 2.70 bits per heavy atom. The minimum absolute atomic E-state index is 0.228. The number of carbonyl (C=O) groups excluding carboxylic acids is 1. The van der Waals surface area contributed by atoms with Crippen molar-refractivity contribution >= 4 is 11.7 Å². The van der Waals surface area contributed by atoms with Crippen LogP contribution >= 0.6 is 0 Å². The van der Waals surface area contributed by atoms with Crippen LogP contribution in [-0.4, -0.2) is 22.4 Å². The number of nitrogens with zero attached hydrogens (tertiary/aromatic N) is 2. The summed E-state index contributed by atoms with van der Waals surface area (Å²) < 4.78 is 13.5. The van der Waals surface area contributed by atoms with Gasteiger partial charge in [-0.2, -0.15) is 0 Å². The van der Waals surface area contributed by atoms with Crippen LogP contribution in [0.2, 0.25) is 0 Å². The fourth-order valence-electron chi connectivity index (χ4n) is 2.03. The molecule has 1 aromatic carbocycles. The van der Waals surface area contributed by atoms with Crippen molar-refractivity contribution in [3.05, 3.63) is 53.7 Å². The van der Waals surface area contributed by atoms with E-state index in [1.54, 1.807) is 18.2 Å². The summed E-state index contributed by atoms with van der Waals surface area (Å²) in [5, 5.41) is 5.79. The Labute approximate surface area is 135 Å². The average molecular weight is 316 g/mol. The third-order valence-corrected chi connectivity index (χ3v) is 3.37. The van der Waals surface area contributed by atoms with Gasteiger partial charge in [0.15, 0.2) is 0 Å². The Bertz CT molecular complexity index is 631. The topological polar surface area (TPSA) is 66.9 Å². The molecule has 0 bridgehead atoms. The van der Waals surface area contributed by atoms with E-state index >= 15 is 0 Å². The van der Waals surface area contributed by atoms with Crippen molar-refractivity contribution in [2.24, 2.45) is 0 Å². The van der Waals surface area contributed by atoms with Gasteiger partial charge in [-0.05, 0) is 12.5 Å². The lowest BCUT2D eigenvalue weighted by atomic mass is 10.2. The number of carbonyl (C=O) groups is 1. The van der Waals surface area contributed by atoms with Crippen LogP contribution in [-0.2, 0) is 6.54 Å². The predicted octanol–water partition coefficient (Wildman–Crippen LogP) is 3.15. The van der Waals surface area contributed by atoms with Gasteiger partial charge in [0, 0.05) is 18.7 Å². The van der Waals surface area contributed by atoms with Gasteiger partial charge in [0.1, 0.15) is 17.3 Å². The lowest BCUT2D eigenvalue weighted by Gasteiger charge is -2.07. The van der Waals surface area contributed by atoms with Crippen molar-refractivity contribution in [1.82, 2.24) is 15.3 Å². The van der Waals surface area contributed by atoms with Crippen LogP contribution in [0.3, 0.4) is 0 Å². The number of unbranched alkanes of at least 4 members (excludes halogenated alkanes) is 2. The first kappa shape index (κ1) is 16.9. The molecule has 2 N–H and O–H groups in total. The first-order chi connectivity index (χ1) is 11.2. The molecular weight excluding hydrogens is 295 g/mol. The maximum absolute atomic E-state index is 13.5. The van der Waals surface area contributed by atoms with Crippen molar-refractivity contribution < 1.29 is 9.18 Å². The lowest BCUT2D eigenvalue weighted by Crippen LogP contribution is -2.25. The molecular formula is C17H21FN4O. The molecule has 0 aliphatic carbocycles. The second kappa shape index (κ2) is 8.82. The Hall–Kier alpha value is -2.50. The summed E-state index contributed by atoms with van der Waals surface area (Å²) in [5.74, 6) is 0.000999. The Balaban J connectivity index is 1.84. The summed E-state index contributed by atoms with van der Waals surface area (Å²) in [6.45, 7) is 3.06. The normalized spacial score (nSPS) is 10.3. The van der Waals surface area contributed by atoms with Crippen LogP contribution in [0, 0.1) is 5.82 Å². The molecule has 0 saturated carbocycles. The van der Waals surface area contributed by atoms with E-state index in [9.17, 15) is 9.18 Å². The van der Waals surface area contributed by atoms with E-state index in [0.717, 1.165) is 19.3 Å². The second-order valence-corrected chi connectivity index (χ2v) is 5.19. The minimum Gasteiger partial charge on any atom is -0.365 e. The molecule has 1 amide bonds. The number of anilines is 1. The quantitative estimate of drug-likeness (QED) is 0.734. The number of amides is 1. The van der Waals surface area contributed by atoms with Gasteiger partial charge < -0.3 is 10.6 Å². The molecule has 5 nitrogen and oxygen atoms in total. The van der Waals surface area contributed by atoms with Gasteiger partial charge in [-0.15, -0.1) is 0 Å². The highest BCUT2D eigenvalue weighted by atomic mass is 19.1. The van der Waals surface area contributed by atoms with E-state index in [1.165, 1.54) is 18.5 Å². The maximum atomic E-state index is 13.5. The highest BCUT2D eigenvalue weighted by Crippen LogP contribution is 2.09. The lowest BCUT2D eigenvalue weighted by molar-refractivity contribution is 0.0947. The largest absolute Gasteiger partial charge is 0.365 e. The van der Waals surface area contributed by atoms with E-state index in [4.69, 9.17) is 0 Å². The number of halogens is 1. The summed E-state index contributed by atoms with van der Waals surface area (Å²) in [4.78, 5) is 20.1. The number of nitrogens with one attached hydrogen (secondary N) is 2. The fraction of sp³-hybridized carbons (Fsp3) is 0.353. The van der Waals surface area contributed by atoms with E-state index in [1.807, 2.05) is 0 Å². The van der Waals surface area contributed by atoms with Gasteiger partial charge in [-0.1, -0.05) is 38.0 Å². The molecule has 2 rings (SSSR count). The fourth-order valence-corrected chi connectivity index (χ4v) is 2.03. The van der Waals surface area contributed by atoms with Gasteiger partial charge in [0.05, 0.1) is 12.4 Å². The second-order valence-electron chi connectivity index (χ2n) is 5.19. The standard InChI is InChI=1S/C17H21FN4O/c1-2-3-6-9-19-17(23)15-11-22-16(12-20-15)21-10-13-7-4-5-8-14(13)18/h4-5,7-8,11-12H,2-3,6,9-10H2,1H3,(H,19,23)(H,21,22). The third kappa shape index (κ3) is 5.32. The summed E-state index contributed by atoms with van der Waals surface area (Å²) in [6.07, 6.45) is 6.04. The number of benzene rings is 1. The number of rotatable bonds is 8. The molecule has 0 aliphatic heterocycles. The first-order valence-corrected chi connectivity index (χ1v) is 7.78. The average Bonchev–Trinajstić information content (AvgIpc) is 2.58. The van der Waals surface area contributed by atoms with Crippen LogP contribution in [0.25, 0.3) is 0 Å². The van der Waals surface area contributed by atoms with Crippen molar-refractivity contribution in [1.29, 1.82) is 0 Å². The highest BCUT2D eigenvalue weighted by Gasteiger charge is 2.07. The predicted molar refractivity (Wildman–Crippen MR) is 87.6 cm³/mol. The van der Waals surface area contributed by atoms with Crippen LogP contribution in [0.5, 0.6) is 0 Å². The molecule has 0 aliphatic rings. The SMILES string of the molecule is CCCCCNC(=O)c1cnc(NCc2ccccc2F)cn1. The van der Waals surface area contributed by atoms with Crippen molar-refractivity contribution in [3.63, 3.8) is 0 Å². The zero-order valence-electron chi connectivity index (χ0n) is 13.2. The van der Waals surface area contributed by atoms with E-state index in [-0.39, 0.29) is 17.4 Å². The Morgan fingerprint density at radius 1 is 1.17 bits per heavy atom. The van der Waals surface area contributed by atoms with Crippen molar-refractivity contribution in [2.75, 3.05) is 11.9 Å². The molecule has 6 heteroatoms. The molecule has 0 fully saturated rings. The maximum Gasteiger partial charge on any atom is 0.271 e. The first-order valence-electron chi connectivity index (χ1n) is 7.78. The smallest absolute Gasteiger partial charge is 0.271 e. The van der Waals surface area contributed by atoms with E-state index < -0.39 is 0 Å². The summed E-state index contributed by atoms with van der Waals surface area (Å²) >= 11 is 0. The van der Waals surface area contributed by atoms with E-state index in [0.29, 0.717) is 24.5 Å². The molecule has 0 unspecified atom stereocenters. The monoisotopic (exact) mass is 316 g/mol. The van der Waals surface area contributed by atoms with Gasteiger partial charge >= 0.3 is 0 Å². The van der Waals surface area contributed by atoms with Crippen molar-refractivity contribution in [3.8, 4) is 0 Å². The Morgan fingerprint density at radius 2 is 2.00 bits per heavy atom. The molecule has 0 spiro atoms. The van der Waals surface area contributed by atoms with Crippen LogP contribution in [0.15, 0.2) is 36.7 Å². The molecule has 23 heavy (non-hydrogen) atoms. The zero-order chi connectivity index (χ0) is 16.5. The molecule has 122 valence electrons. The van der Waals surface area contributed by atoms with E-state index in [2.05, 4.69) is 27.5 Å². The summed E-state index contributed by atoms with van der Waals surface area (Å²) in [7, 11) is 0. The van der Waals surface area contributed by atoms with Gasteiger partial charge in [0.2, 0.25) is 0 Å². The number of aromatic nitrogens is 2. The zero-order valence-corrected chi connectivity index (χ0v) is 13.2. The molecule has 0 radical (unpaired) electrons. The summed E-state index contributed by atoms with van der Waals surface area (Å²) in [5.41, 5.74) is 0.824. The third-order valence-electron chi connectivity index (χ3n) is 3.37. The molecule has 0 saturated heterocycles. The van der Waals surface area contributed by atoms with Gasteiger partial charge in [-0.25, -0.2) is 14.4 Å². The van der Waals surface area contributed by atoms with Gasteiger partial charge in [-0.3, -0.25) is 4.79 Å². The Kier molecular flexibility index (Phi) is 6.47. The molecule has 0 atom stereocenters. The van der Waals surface area contributed by atoms with Crippen LogP contribution in [0.1, 0.15) is 42.2 Å². The van der Waals surface area contributed by atoms with Crippen LogP contribution < -0.4 is 10.6 Å². The van der Waals surface area contributed by atoms with Crippen LogP contribution in [0.4, 0.5) is 10.2 Å². The van der Waals surface area contributed by atoms with Crippen molar-refractivity contribution in [2.45, 2.75) is 32.7 Å². The number of hydrogen-bond acceptors (Lipinski definition) is 4. The molecule has 2 aromatic rings. The highest BCUT2D eigenvalue weighted by molar-refractivity contribution is 5.91. The molecule has 1 heterocycles. The number of hydrogen-bond donors (Lipinski definition) is 2. The summed E-state index contributed by atoms with van der Waals surface area (Å²) in [6, 6.07) is 6.53. The molecule has 1 aromatic heterocycles. The minimum atomic E-state index is -0.268.